The third-order valence-electron chi connectivity index (χ3n) is 4.81. The van der Waals surface area contributed by atoms with Gasteiger partial charge in [0, 0.05) is 0 Å². The number of aliphatic carboxylic acids is 2. The predicted octanol–water partition coefficient (Wildman–Crippen LogP) is 3.79. The van der Waals surface area contributed by atoms with Gasteiger partial charge in [0.1, 0.15) is 17.8 Å². The highest BCUT2D eigenvalue weighted by Gasteiger charge is 2.44. The number of hydrogen-bond donors (Lipinski definition) is 2. The number of hydrogen-bond acceptors (Lipinski definition) is 4. The minimum Gasteiger partial charge on any atom is -0.488 e. The zero-order chi connectivity index (χ0) is 20.9. The van der Waals surface area contributed by atoms with Crippen molar-refractivity contribution in [3.8, 4) is 0 Å². The third kappa shape index (κ3) is 4.73. The standard InChI is InChI=1S/C23H22O6/c1-23(22(26)27)13-19(28-14-16-8-4-2-5-9-16)18(21(24)25)12-20(23)29-15-17-10-6-3-7-11-17/h2-13,20H,14-15H2,1H3,(H,24,25)(H,26,27). The van der Waals surface area contributed by atoms with Crippen LogP contribution in [-0.4, -0.2) is 28.3 Å². The van der Waals surface area contributed by atoms with Crippen LogP contribution in [0.3, 0.4) is 0 Å². The molecule has 150 valence electrons. The van der Waals surface area contributed by atoms with Crippen LogP contribution in [0.15, 0.2) is 84.1 Å². The van der Waals surface area contributed by atoms with Gasteiger partial charge in [-0.1, -0.05) is 60.7 Å². The Morgan fingerprint density at radius 3 is 2.00 bits per heavy atom. The Balaban J connectivity index is 1.85. The second-order valence-electron chi connectivity index (χ2n) is 6.97. The lowest BCUT2D eigenvalue weighted by Crippen LogP contribution is -2.42. The van der Waals surface area contributed by atoms with Gasteiger partial charge >= 0.3 is 11.9 Å². The molecule has 2 aromatic rings. The summed E-state index contributed by atoms with van der Waals surface area (Å²) in [5.74, 6) is -2.31. The zero-order valence-corrected chi connectivity index (χ0v) is 15.9. The molecule has 0 spiro atoms. The number of ether oxygens (including phenoxy) is 2. The first-order valence-electron chi connectivity index (χ1n) is 9.14. The number of carboxylic acid groups (broad SMARTS) is 2. The van der Waals surface area contributed by atoms with Crippen molar-refractivity contribution >= 4 is 11.9 Å². The molecule has 6 heteroatoms. The Morgan fingerprint density at radius 1 is 0.931 bits per heavy atom. The highest BCUT2D eigenvalue weighted by atomic mass is 16.5. The molecule has 2 atom stereocenters. The van der Waals surface area contributed by atoms with Crippen LogP contribution in [0.1, 0.15) is 18.1 Å². The van der Waals surface area contributed by atoms with Gasteiger partial charge in [-0.15, -0.1) is 0 Å². The number of carboxylic acids is 2. The van der Waals surface area contributed by atoms with Crippen LogP contribution in [0.25, 0.3) is 0 Å². The maximum Gasteiger partial charge on any atom is 0.339 e. The summed E-state index contributed by atoms with van der Waals surface area (Å²) >= 11 is 0. The molecule has 0 amide bonds. The first kappa shape index (κ1) is 20.4. The highest BCUT2D eigenvalue weighted by Crippen LogP contribution is 2.37. The van der Waals surface area contributed by atoms with Crippen LogP contribution in [-0.2, 0) is 32.3 Å². The molecular weight excluding hydrogens is 372 g/mol. The molecule has 0 aromatic heterocycles. The van der Waals surface area contributed by atoms with Crippen LogP contribution in [0.4, 0.5) is 0 Å². The minimum absolute atomic E-state index is 0.0193. The van der Waals surface area contributed by atoms with E-state index in [9.17, 15) is 19.8 Å². The molecule has 0 saturated carbocycles. The summed E-state index contributed by atoms with van der Waals surface area (Å²) in [7, 11) is 0. The van der Waals surface area contributed by atoms with Crippen LogP contribution in [0, 0.1) is 5.41 Å². The van der Waals surface area contributed by atoms with E-state index < -0.39 is 23.5 Å². The lowest BCUT2D eigenvalue weighted by Gasteiger charge is -2.33. The lowest BCUT2D eigenvalue weighted by atomic mass is 9.78. The van der Waals surface area contributed by atoms with Crippen molar-refractivity contribution in [1.29, 1.82) is 0 Å². The molecule has 2 N–H and O–H groups in total. The molecule has 0 aliphatic heterocycles. The van der Waals surface area contributed by atoms with E-state index in [-0.39, 0.29) is 24.5 Å². The summed E-state index contributed by atoms with van der Waals surface area (Å²) < 4.78 is 11.5. The van der Waals surface area contributed by atoms with E-state index in [1.54, 1.807) is 0 Å². The van der Waals surface area contributed by atoms with Gasteiger partial charge in [-0.2, -0.15) is 0 Å². The Kier molecular flexibility index (Phi) is 6.14. The van der Waals surface area contributed by atoms with Crippen molar-refractivity contribution in [3.63, 3.8) is 0 Å². The third-order valence-corrected chi connectivity index (χ3v) is 4.81. The second-order valence-corrected chi connectivity index (χ2v) is 6.97. The van der Waals surface area contributed by atoms with Crippen molar-refractivity contribution in [2.24, 2.45) is 5.41 Å². The first-order valence-corrected chi connectivity index (χ1v) is 9.14. The van der Waals surface area contributed by atoms with Crippen molar-refractivity contribution in [1.82, 2.24) is 0 Å². The highest BCUT2D eigenvalue weighted by molar-refractivity contribution is 5.93. The molecule has 0 radical (unpaired) electrons. The molecule has 1 aliphatic carbocycles. The predicted molar refractivity (Wildman–Crippen MR) is 106 cm³/mol. The molecule has 0 heterocycles. The van der Waals surface area contributed by atoms with E-state index in [0.717, 1.165) is 11.1 Å². The summed E-state index contributed by atoms with van der Waals surface area (Å²) in [5, 5.41) is 19.5. The van der Waals surface area contributed by atoms with Gasteiger partial charge in [-0.3, -0.25) is 4.79 Å². The summed E-state index contributed by atoms with van der Waals surface area (Å²) in [5.41, 5.74) is 0.121. The van der Waals surface area contributed by atoms with E-state index in [4.69, 9.17) is 9.47 Å². The summed E-state index contributed by atoms with van der Waals surface area (Å²) in [6, 6.07) is 18.5. The van der Waals surface area contributed by atoms with E-state index in [2.05, 4.69) is 0 Å². The Bertz CT molecular complexity index is 932. The van der Waals surface area contributed by atoms with Gasteiger partial charge in [-0.25, -0.2) is 4.79 Å². The maximum atomic E-state index is 12.0. The molecule has 1 aliphatic rings. The van der Waals surface area contributed by atoms with Gasteiger partial charge in [0.25, 0.3) is 0 Å². The average Bonchev–Trinajstić information content (AvgIpc) is 2.72. The smallest absolute Gasteiger partial charge is 0.339 e. The molecule has 29 heavy (non-hydrogen) atoms. The SMILES string of the molecule is CC1(C(=O)O)C=C(OCc2ccccc2)C(C(=O)O)=CC1OCc1ccccc1. The largest absolute Gasteiger partial charge is 0.488 e. The second kappa shape index (κ2) is 8.75. The molecule has 0 bridgehead atoms. The molecule has 2 aromatic carbocycles. The van der Waals surface area contributed by atoms with Crippen molar-refractivity contribution in [2.45, 2.75) is 26.2 Å². The topological polar surface area (TPSA) is 93.1 Å². The average molecular weight is 394 g/mol. The molecular formula is C23H22O6. The normalized spacial score (nSPS) is 21.1. The van der Waals surface area contributed by atoms with Crippen molar-refractivity contribution in [3.05, 3.63) is 95.3 Å². The van der Waals surface area contributed by atoms with Gasteiger partial charge < -0.3 is 19.7 Å². The zero-order valence-electron chi connectivity index (χ0n) is 15.9. The van der Waals surface area contributed by atoms with Crippen LogP contribution < -0.4 is 0 Å². The summed E-state index contributed by atoms with van der Waals surface area (Å²) in [6.45, 7) is 1.78. The number of carbonyl (C=O) groups is 2. The van der Waals surface area contributed by atoms with E-state index in [0.29, 0.717) is 0 Å². The fourth-order valence-corrected chi connectivity index (χ4v) is 3.04. The van der Waals surface area contributed by atoms with Crippen molar-refractivity contribution < 1.29 is 29.3 Å². The van der Waals surface area contributed by atoms with Crippen LogP contribution in [0.5, 0.6) is 0 Å². The first-order chi connectivity index (χ1) is 13.9. The number of rotatable bonds is 8. The quantitative estimate of drug-likeness (QED) is 0.708. The Hall–Kier alpha value is -3.38. The van der Waals surface area contributed by atoms with E-state index in [1.165, 1.54) is 19.1 Å². The van der Waals surface area contributed by atoms with Gasteiger partial charge in [0.2, 0.25) is 0 Å². The van der Waals surface area contributed by atoms with Crippen molar-refractivity contribution in [2.75, 3.05) is 0 Å². The fraction of sp³-hybridized carbons (Fsp3) is 0.217. The maximum absolute atomic E-state index is 12.0. The lowest BCUT2D eigenvalue weighted by molar-refractivity contribution is -0.152. The number of benzene rings is 2. The molecule has 2 unspecified atom stereocenters. The van der Waals surface area contributed by atoms with Crippen LogP contribution in [0.2, 0.25) is 0 Å². The molecule has 0 saturated heterocycles. The fourth-order valence-electron chi connectivity index (χ4n) is 3.04. The molecule has 6 nitrogen and oxygen atoms in total. The monoisotopic (exact) mass is 394 g/mol. The Labute approximate surface area is 168 Å². The van der Waals surface area contributed by atoms with E-state index >= 15 is 0 Å². The molecule has 0 fully saturated rings. The Morgan fingerprint density at radius 2 is 1.48 bits per heavy atom. The summed E-state index contributed by atoms with van der Waals surface area (Å²) in [6.07, 6.45) is 1.69. The summed E-state index contributed by atoms with van der Waals surface area (Å²) in [4.78, 5) is 23.8. The van der Waals surface area contributed by atoms with Gasteiger partial charge in [-0.05, 0) is 30.2 Å². The van der Waals surface area contributed by atoms with Crippen LogP contribution >= 0.6 is 0 Å². The van der Waals surface area contributed by atoms with Gasteiger partial charge in [0.05, 0.1) is 18.3 Å². The minimum atomic E-state index is -1.47. The van der Waals surface area contributed by atoms with E-state index in [1.807, 2.05) is 60.7 Å². The van der Waals surface area contributed by atoms with Gasteiger partial charge in [0.15, 0.2) is 0 Å². The molecule has 3 rings (SSSR count).